The van der Waals surface area contributed by atoms with E-state index >= 15 is 0 Å². The Labute approximate surface area is 154 Å². The van der Waals surface area contributed by atoms with Gasteiger partial charge in [0.15, 0.2) is 0 Å². The molecule has 3 aromatic rings. The third-order valence-corrected chi connectivity index (χ3v) is 4.45. The van der Waals surface area contributed by atoms with E-state index in [9.17, 15) is 0 Å². The lowest BCUT2D eigenvalue weighted by Gasteiger charge is -2.19. The van der Waals surface area contributed by atoms with Gasteiger partial charge >= 0.3 is 0 Å². The van der Waals surface area contributed by atoms with Gasteiger partial charge in [0.2, 0.25) is 0 Å². The molecule has 3 heteroatoms. The lowest BCUT2D eigenvalue weighted by molar-refractivity contribution is 0.590. The van der Waals surface area contributed by atoms with Crippen LogP contribution in [-0.2, 0) is 5.41 Å². The van der Waals surface area contributed by atoms with Crippen LogP contribution in [0.3, 0.4) is 0 Å². The second-order valence-electron chi connectivity index (χ2n) is 7.07. The van der Waals surface area contributed by atoms with E-state index in [-0.39, 0.29) is 5.41 Å². The number of benzene rings is 2. The van der Waals surface area contributed by atoms with Crippen molar-refractivity contribution in [1.29, 1.82) is 0 Å². The van der Waals surface area contributed by atoms with Gasteiger partial charge in [-0.1, -0.05) is 75.5 Å². The molecule has 1 N–H and O–H groups in total. The van der Waals surface area contributed by atoms with Gasteiger partial charge in [-0.15, -0.1) is 0 Å². The maximum absolute atomic E-state index is 5.54. The Morgan fingerprint density at radius 2 is 1.56 bits per heavy atom. The lowest BCUT2D eigenvalue weighted by atomic mass is 9.87. The summed E-state index contributed by atoms with van der Waals surface area (Å²) in [5, 5.41) is 3.31. The monoisotopic (exact) mass is 346 g/mol. The molecule has 0 saturated heterocycles. The Hall–Kier alpha value is -2.52. The van der Waals surface area contributed by atoms with Gasteiger partial charge < -0.3 is 5.32 Å². The standard InChI is InChI=1S/C22H22N2S/c1-22(2,3)18-11-7-17(8-12-18)21(25)24-19-13-9-16(10-14-19)20-6-4-5-15-23-20/h4-15H,1-3H3,(H,24,25). The molecule has 0 spiro atoms. The highest BCUT2D eigenvalue weighted by Gasteiger charge is 2.13. The third kappa shape index (κ3) is 4.31. The summed E-state index contributed by atoms with van der Waals surface area (Å²) in [7, 11) is 0. The number of pyridine rings is 1. The molecule has 0 aliphatic rings. The SMILES string of the molecule is CC(C)(C)c1ccc(C(=S)Nc2ccc(-c3ccccn3)cc2)cc1. The van der Waals surface area contributed by atoms with Crippen molar-refractivity contribution in [3.8, 4) is 11.3 Å². The fraction of sp³-hybridized carbons (Fsp3) is 0.182. The zero-order valence-electron chi connectivity index (χ0n) is 14.8. The van der Waals surface area contributed by atoms with Crippen LogP contribution in [0.1, 0.15) is 31.9 Å². The molecular formula is C22H22N2S. The smallest absolute Gasteiger partial charge is 0.110 e. The summed E-state index contributed by atoms with van der Waals surface area (Å²) < 4.78 is 0. The summed E-state index contributed by atoms with van der Waals surface area (Å²) in [6, 6.07) is 22.5. The van der Waals surface area contributed by atoms with Gasteiger partial charge in [-0.3, -0.25) is 4.98 Å². The molecule has 0 saturated carbocycles. The minimum absolute atomic E-state index is 0.148. The van der Waals surface area contributed by atoms with Gasteiger partial charge in [0.05, 0.1) is 5.69 Å². The van der Waals surface area contributed by atoms with E-state index < -0.39 is 0 Å². The highest BCUT2D eigenvalue weighted by molar-refractivity contribution is 7.81. The molecule has 0 radical (unpaired) electrons. The highest BCUT2D eigenvalue weighted by atomic mass is 32.1. The first-order valence-electron chi connectivity index (χ1n) is 8.37. The van der Waals surface area contributed by atoms with E-state index in [2.05, 4.69) is 67.5 Å². The van der Waals surface area contributed by atoms with Crippen LogP contribution in [0.15, 0.2) is 72.9 Å². The van der Waals surface area contributed by atoms with Gasteiger partial charge in [0.25, 0.3) is 0 Å². The van der Waals surface area contributed by atoms with E-state index in [0.29, 0.717) is 0 Å². The second kappa shape index (κ2) is 7.16. The third-order valence-electron chi connectivity index (χ3n) is 4.12. The van der Waals surface area contributed by atoms with Crippen molar-refractivity contribution in [1.82, 2.24) is 4.98 Å². The Bertz CT molecular complexity index is 845. The molecule has 0 bridgehead atoms. The molecule has 0 fully saturated rings. The number of hydrogen-bond acceptors (Lipinski definition) is 2. The van der Waals surface area contributed by atoms with Crippen LogP contribution in [0.2, 0.25) is 0 Å². The predicted octanol–water partition coefficient (Wildman–Crippen LogP) is 5.83. The summed E-state index contributed by atoms with van der Waals surface area (Å²) >= 11 is 5.54. The lowest BCUT2D eigenvalue weighted by Crippen LogP contribution is -2.13. The van der Waals surface area contributed by atoms with Crippen molar-refractivity contribution in [3.63, 3.8) is 0 Å². The number of rotatable bonds is 3. The number of nitrogens with zero attached hydrogens (tertiary/aromatic N) is 1. The van der Waals surface area contributed by atoms with Crippen molar-refractivity contribution in [2.75, 3.05) is 5.32 Å². The molecular weight excluding hydrogens is 324 g/mol. The van der Waals surface area contributed by atoms with Crippen LogP contribution in [0, 0.1) is 0 Å². The maximum atomic E-state index is 5.54. The maximum Gasteiger partial charge on any atom is 0.110 e. The minimum Gasteiger partial charge on any atom is -0.346 e. The first kappa shape index (κ1) is 17.3. The summed E-state index contributed by atoms with van der Waals surface area (Å²) in [4.78, 5) is 5.10. The largest absolute Gasteiger partial charge is 0.346 e. The van der Waals surface area contributed by atoms with Gasteiger partial charge in [-0.2, -0.15) is 0 Å². The quantitative estimate of drug-likeness (QED) is 0.604. The first-order chi connectivity index (χ1) is 11.9. The first-order valence-corrected chi connectivity index (χ1v) is 8.78. The van der Waals surface area contributed by atoms with E-state index in [0.717, 1.165) is 27.5 Å². The Morgan fingerprint density at radius 3 is 2.12 bits per heavy atom. The van der Waals surface area contributed by atoms with E-state index in [1.807, 2.05) is 30.3 Å². The average molecular weight is 346 g/mol. The molecule has 0 atom stereocenters. The average Bonchev–Trinajstić information content (AvgIpc) is 2.62. The molecule has 3 rings (SSSR count). The minimum atomic E-state index is 0.148. The summed E-state index contributed by atoms with van der Waals surface area (Å²) in [5.74, 6) is 0. The normalized spacial score (nSPS) is 11.2. The van der Waals surface area contributed by atoms with Crippen molar-refractivity contribution < 1.29 is 0 Å². The molecule has 2 aromatic carbocycles. The fourth-order valence-corrected chi connectivity index (χ4v) is 2.84. The summed E-state index contributed by atoms with van der Waals surface area (Å²) in [6.07, 6.45) is 1.80. The molecule has 0 unspecified atom stereocenters. The molecule has 2 nitrogen and oxygen atoms in total. The van der Waals surface area contributed by atoms with Gasteiger partial charge in [0.1, 0.15) is 4.99 Å². The molecule has 0 aliphatic heterocycles. The highest BCUT2D eigenvalue weighted by Crippen LogP contribution is 2.23. The fourth-order valence-electron chi connectivity index (χ4n) is 2.58. The molecule has 25 heavy (non-hydrogen) atoms. The number of aromatic nitrogens is 1. The predicted molar refractivity (Wildman–Crippen MR) is 110 cm³/mol. The van der Waals surface area contributed by atoms with Crippen LogP contribution in [0.25, 0.3) is 11.3 Å². The van der Waals surface area contributed by atoms with Crippen LogP contribution < -0.4 is 5.32 Å². The number of nitrogens with one attached hydrogen (secondary N) is 1. The Balaban J connectivity index is 1.71. The zero-order valence-corrected chi connectivity index (χ0v) is 15.6. The van der Waals surface area contributed by atoms with Crippen molar-refractivity contribution in [2.45, 2.75) is 26.2 Å². The molecule has 126 valence electrons. The van der Waals surface area contributed by atoms with E-state index in [4.69, 9.17) is 12.2 Å². The molecule has 0 amide bonds. The topological polar surface area (TPSA) is 24.9 Å². The van der Waals surface area contributed by atoms with Gasteiger partial charge in [-0.05, 0) is 35.2 Å². The van der Waals surface area contributed by atoms with Crippen LogP contribution in [0.4, 0.5) is 5.69 Å². The van der Waals surface area contributed by atoms with Crippen LogP contribution in [0.5, 0.6) is 0 Å². The molecule has 1 aromatic heterocycles. The number of anilines is 1. The Morgan fingerprint density at radius 1 is 0.880 bits per heavy atom. The van der Waals surface area contributed by atoms with Gasteiger partial charge in [-0.25, -0.2) is 0 Å². The second-order valence-corrected chi connectivity index (χ2v) is 7.48. The number of hydrogen-bond donors (Lipinski definition) is 1. The number of thiocarbonyl (C=S) groups is 1. The zero-order chi connectivity index (χ0) is 17.9. The van der Waals surface area contributed by atoms with Crippen molar-refractivity contribution in [3.05, 3.63) is 84.1 Å². The van der Waals surface area contributed by atoms with E-state index in [1.54, 1.807) is 6.20 Å². The van der Waals surface area contributed by atoms with Crippen molar-refractivity contribution in [2.24, 2.45) is 0 Å². The van der Waals surface area contributed by atoms with Crippen molar-refractivity contribution >= 4 is 22.9 Å². The van der Waals surface area contributed by atoms with Gasteiger partial charge in [0, 0.05) is 23.0 Å². The molecule has 1 heterocycles. The Kier molecular flexibility index (Phi) is 4.95. The summed E-state index contributed by atoms with van der Waals surface area (Å²) in [6.45, 7) is 6.63. The molecule has 0 aliphatic carbocycles. The summed E-state index contributed by atoms with van der Waals surface area (Å²) in [5.41, 5.74) is 5.51. The van der Waals surface area contributed by atoms with Crippen LogP contribution in [-0.4, -0.2) is 9.97 Å². The van der Waals surface area contributed by atoms with Crippen LogP contribution >= 0.6 is 12.2 Å². The van der Waals surface area contributed by atoms with E-state index in [1.165, 1.54) is 5.56 Å².